The van der Waals surface area contributed by atoms with E-state index >= 15 is 0 Å². The van der Waals surface area contributed by atoms with Crippen LogP contribution >= 0.6 is 0 Å². The Balaban J connectivity index is 2.69. The number of hydrogen-bond acceptors (Lipinski definition) is 2. The van der Waals surface area contributed by atoms with Gasteiger partial charge in [-0.25, -0.2) is 0 Å². The summed E-state index contributed by atoms with van der Waals surface area (Å²) in [6, 6.07) is 6.05. The van der Waals surface area contributed by atoms with Gasteiger partial charge in [0, 0.05) is 6.54 Å². The molecule has 0 aliphatic heterocycles. The zero-order valence-corrected chi connectivity index (χ0v) is 9.29. The smallest absolute Gasteiger partial charge is 0.119 e. The Morgan fingerprint density at radius 2 is 2.27 bits per heavy atom. The molecule has 0 amide bonds. The van der Waals surface area contributed by atoms with E-state index in [0.29, 0.717) is 0 Å². The van der Waals surface area contributed by atoms with Gasteiger partial charge < -0.3 is 10.1 Å². The molecule has 2 heteroatoms. The van der Waals surface area contributed by atoms with E-state index < -0.39 is 0 Å². The average molecular weight is 203 g/mol. The van der Waals surface area contributed by atoms with Gasteiger partial charge in [-0.3, -0.25) is 0 Å². The summed E-state index contributed by atoms with van der Waals surface area (Å²) in [4.78, 5) is 0. The lowest BCUT2D eigenvalue weighted by molar-refractivity contribution is 0.414. The number of rotatable bonds is 5. The van der Waals surface area contributed by atoms with Crippen molar-refractivity contribution in [1.82, 2.24) is 5.32 Å². The van der Waals surface area contributed by atoms with Gasteiger partial charge in [-0.15, -0.1) is 0 Å². The van der Waals surface area contributed by atoms with Crippen molar-refractivity contribution in [1.29, 1.82) is 0 Å². The van der Waals surface area contributed by atoms with Crippen LogP contribution in [0.5, 0.6) is 5.75 Å². The lowest BCUT2D eigenvalue weighted by Gasteiger charge is -2.04. The van der Waals surface area contributed by atoms with E-state index in [2.05, 4.69) is 37.0 Å². The van der Waals surface area contributed by atoms with E-state index in [0.717, 1.165) is 12.3 Å². The SMILES string of the molecule is C=CNC/C=C\c1ccc(OC)cc1C. The van der Waals surface area contributed by atoms with Gasteiger partial charge in [0.15, 0.2) is 0 Å². The minimum atomic E-state index is 0.801. The number of benzene rings is 1. The summed E-state index contributed by atoms with van der Waals surface area (Å²) in [5, 5.41) is 3.01. The van der Waals surface area contributed by atoms with E-state index in [4.69, 9.17) is 4.74 Å². The van der Waals surface area contributed by atoms with Crippen molar-refractivity contribution >= 4 is 6.08 Å². The van der Waals surface area contributed by atoms with Crippen molar-refractivity contribution < 1.29 is 4.74 Å². The molecule has 0 spiro atoms. The standard InChI is InChI=1S/C13H17NO/c1-4-14-9-5-6-12-7-8-13(15-3)10-11(12)2/h4-8,10,14H,1,9H2,2-3H3/b6-5-. The Bertz CT molecular complexity index is 356. The molecule has 0 atom stereocenters. The van der Waals surface area contributed by atoms with Gasteiger partial charge in [-0.1, -0.05) is 24.8 Å². The number of methoxy groups -OCH3 is 1. The number of nitrogens with one attached hydrogen (secondary N) is 1. The van der Waals surface area contributed by atoms with Crippen molar-refractivity contribution in [2.45, 2.75) is 6.92 Å². The van der Waals surface area contributed by atoms with E-state index in [1.807, 2.05) is 12.1 Å². The molecule has 0 heterocycles. The third kappa shape index (κ3) is 3.50. The first-order chi connectivity index (χ1) is 7.27. The second-order valence-corrected chi connectivity index (χ2v) is 3.24. The second kappa shape index (κ2) is 5.91. The van der Waals surface area contributed by atoms with Crippen LogP contribution in [-0.4, -0.2) is 13.7 Å². The Hall–Kier alpha value is -1.70. The maximum atomic E-state index is 5.14. The highest BCUT2D eigenvalue weighted by molar-refractivity contribution is 5.55. The zero-order chi connectivity index (χ0) is 11.1. The molecule has 1 N–H and O–H groups in total. The van der Waals surface area contributed by atoms with Crippen LogP contribution in [0.15, 0.2) is 37.1 Å². The maximum absolute atomic E-state index is 5.14. The molecule has 1 rings (SSSR count). The summed E-state index contributed by atoms with van der Waals surface area (Å²) in [6.07, 6.45) is 5.84. The first-order valence-electron chi connectivity index (χ1n) is 4.93. The number of ether oxygens (including phenoxy) is 1. The predicted molar refractivity (Wildman–Crippen MR) is 65.0 cm³/mol. The fraction of sp³-hybridized carbons (Fsp3) is 0.231. The third-order valence-electron chi connectivity index (χ3n) is 2.15. The summed E-state index contributed by atoms with van der Waals surface area (Å²) >= 11 is 0. The molecule has 80 valence electrons. The summed E-state index contributed by atoms with van der Waals surface area (Å²) in [5.74, 6) is 0.897. The molecule has 15 heavy (non-hydrogen) atoms. The lowest BCUT2D eigenvalue weighted by Crippen LogP contribution is -2.02. The van der Waals surface area contributed by atoms with Gasteiger partial charge in [0.1, 0.15) is 5.75 Å². The van der Waals surface area contributed by atoms with Crippen LogP contribution in [0, 0.1) is 6.92 Å². The van der Waals surface area contributed by atoms with Crippen molar-refractivity contribution in [2.24, 2.45) is 0 Å². The van der Waals surface area contributed by atoms with E-state index in [1.165, 1.54) is 11.1 Å². The highest BCUT2D eigenvalue weighted by Gasteiger charge is 1.96. The van der Waals surface area contributed by atoms with E-state index in [9.17, 15) is 0 Å². The minimum Gasteiger partial charge on any atom is -0.497 e. The Kier molecular flexibility index (Phi) is 4.48. The van der Waals surface area contributed by atoms with E-state index in [1.54, 1.807) is 13.3 Å². The Morgan fingerprint density at radius 3 is 2.87 bits per heavy atom. The Morgan fingerprint density at radius 1 is 1.47 bits per heavy atom. The van der Waals surface area contributed by atoms with Gasteiger partial charge >= 0.3 is 0 Å². The third-order valence-corrected chi connectivity index (χ3v) is 2.15. The Labute approximate surface area is 91.3 Å². The molecule has 0 bridgehead atoms. The molecular formula is C13H17NO. The van der Waals surface area contributed by atoms with Crippen LogP contribution in [0.2, 0.25) is 0 Å². The molecule has 1 aromatic rings. The van der Waals surface area contributed by atoms with Crippen LogP contribution in [0.1, 0.15) is 11.1 Å². The monoisotopic (exact) mass is 203 g/mol. The summed E-state index contributed by atoms with van der Waals surface area (Å²) in [7, 11) is 1.68. The van der Waals surface area contributed by atoms with Crippen molar-refractivity contribution in [3.05, 3.63) is 48.2 Å². The molecular weight excluding hydrogens is 186 g/mol. The highest BCUT2D eigenvalue weighted by atomic mass is 16.5. The normalized spacial score (nSPS) is 10.3. The number of hydrogen-bond donors (Lipinski definition) is 1. The van der Waals surface area contributed by atoms with Gasteiger partial charge in [0.2, 0.25) is 0 Å². The molecule has 1 aromatic carbocycles. The molecule has 0 saturated heterocycles. The van der Waals surface area contributed by atoms with Crippen molar-refractivity contribution in [3.8, 4) is 5.75 Å². The molecule has 0 aliphatic carbocycles. The summed E-state index contributed by atoms with van der Waals surface area (Å²) in [6.45, 7) is 6.46. The van der Waals surface area contributed by atoms with E-state index in [-0.39, 0.29) is 0 Å². The predicted octanol–water partition coefficient (Wildman–Crippen LogP) is 2.75. The van der Waals surface area contributed by atoms with Crippen LogP contribution in [0.25, 0.3) is 6.08 Å². The molecule has 0 radical (unpaired) electrons. The van der Waals surface area contributed by atoms with Gasteiger partial charge in [-0.05, 0) is 36.4 Å². The molecule has 0 aromatic heterocycles. The maximum Gasteiger partial charge on any atom is 0.119 e. The summed E-state index contributed by atoms with van der Waals surface area (Å²) < 4.78 is 5.14. The van der Waals surface area contributed by atoms with Gasteiger partial charge in [-0.2, -0.15) is 0 Å². The quantitative estimate of drug-likeness (QED) is 0.743. The van der Waals surface area contributed by atoms with Crippen LogP contribution in [0.3, 0.4) is 0 Å². The minimum absolute atomic E-state index is 0.801. The fourth-order valence-electron chi connectivity index (χ4n) is 1.30. The van der Waals surface area contributed by atoms with Crippen molar-refractivity contribution in [2.75, 3.05) is 13.7 Å². The largest absolute Gasteiger partial charge is 0.497 e. The summed E-state index contributed by atoms with van der Waals surface area (Å²) in [5.41, 5.74) is 2.42. The molecule has 0 fully saturated rings. The molecule has 0 unspecified atom stereocenters. The van der Waals surface area contributed by atoms with Crippen LogP contribution < -0.4 is 10.1 Å². The van der Waals surface area contributed by atoms with Crippen molar-refractivity contribution in [3.63, 3.8) is 0 Å². The van der Waals surface area contributed by atoms with Crippen LogP contribution in [0.4, 0.5) is 0 Å². The zero-order valence-electron chi connectivity index (χ0n) is 9.29. The topological polar surface area (TPSA) is 21.3 Å². The van der Waals surface area contributed by atoms with Gasteiger partial charge in [0.25, 0.3) is 0 Å². The van der Waals surface area contributed by atoms with Crippen LogP contribution in [-0.2, 0) is 0 Å². The number of aryl methyl sites for hydroxylation is 1. The molecule has 2 nitrogen and oxygen atoms in total. The second-order valence-electron chi connectivity index (χ2n) is 3.24. The highest BCUT2D eigenvalue weighted by Crippen LogP contribution is 2.17. The average Bonchev–Trinajstić information content (AvgIpc) is 2.26. The first-order valence-corrected chi connectivity index (χ1v) is 4.93. The fourth-order valence-corrected chi connectivity index (χ4v) is 1.30. The first kappa shape index (κ1) is 11.4. The lowest BCUT2D eigenvalue weighted by atomic mass is 10.1. The molecule has 0 saturated carbocycles. The van der Waals surface area contributed by atoms with Gasteiger partial charge in [0.05, 0.1) is 7.11 Å². The molecule has 0 aliphatic rings.